The van der Waals surface area contributed by atoms with Crippen LogP contribution in [0.25, 0.3) is 0 Å². The highest BCUT2D eigenvalue weighted by Gasteiger charge is 2.49. The molecule has 8 nitrogen and oxygen atoms in total. The third kappa shape index (κ3) is 4.20. The van der Waals surface area contributed by atoms with E-state index in [9.17, 15) is 13.2 Å². The summed E-state index contributed by atoms with van der Waals surface area (Å²) >= 11 is 0. The van der Waals surface area contributed by atoms with Gasteiger partial charge in [-0.05, 0) is 26.0 Å². The van der Waals surface area contributed by atoms with E-state index >= 15 is 0 Å². The summed E-state index contributed by atoms with van der Waals surface area (Å²) in [5.74, 6) is 0. The molecule has 0 radical (unpaired) electrons. The van der Waals surface area contributed by atoms with Crippen LogP contribution in [0.5, 0.6) is 0 Å². The molecule has 2 aliphatic heterocycles. The van der Waals surface area contributed by atoms with Crippen LogP contribution in [0.3, 0.4) is 0 Å². The number of fused-ring (bicyclic) bond motifs is 2. The van der Waals surface area contributed by atoms with E-state index in [1.54, 1.807) is 31.3 Å². The number of nitrogens with zero attached hydrogens (tertiary/aromatic N) is 2. The topological polar surface area (TPSA) is 97.3 Å². The van der Waals surface area contributed by atoms with E-state index in [0.29, 0.717) is 18.6 Å². The van der Waals surface area contributed by atoms with Crippen molar-refractivity contribution in [3.05, 3.63) is 42.0 Å². The lowest BCUT2D eigenvalue weighted by atomic mass is 9.90. The van der Waals surface area contributed by atoms with Crippen molar-refractivity contribution in [2.45, 2.75) is 42.8 Å². The summed E-state index contributed by atoms with van der Waals surface area (Å²) in [5, 5.41) is 4.18. The van der Waals surface area contributed by atoms with Crippen molar-refractivity contribution in [2.75, 3.05) is 20.7 Å². The van der Waals surface area contributed by atoms with Crippen molar-refractivity contribution in [1.29, 1.82) is 0 Å². The van der Waals surface area contributed by atoms with Crippen LogP contribution in [0.4, 0.5) is 4.79 Å². The van der Waals surface area contributed by atoms with E-state index in [1.165, 1.54) is 12.0 Å². The SMILES string of the molecule is COC(=O)N(C)C[C@]12C=C[C@@](C)(C/C(=N\NS(=O)(=O)c3ccc(C)cc3)C1)O2. The zero-order valence-corrected chi connectivity index (χ0v) is 17.2. The molecule has 0 spiro atoms. The summed E-state index contributed by atoms with van der Waals surface area (Å²) in [6, 6.07) is 6.56. The predicted octanol–water partition coefficient (Wildman–Crippen LogP) is 2.21. The van der Waals surface area contributed by atoms with Gasteiger partial charge in [-0.1, -0.05) is 29.8 Å². The van der Waals surface area contributed by atoms with Crippen LogP contribution in [-0.2, 0) is 19.5 Å². The summed E-state index contributed by atoms with van der Waals surface area (Å²) in [6.45, 7) is 4.07. The Morgan fingerprint density at radius 2 is 1.96 bits per heavy atom. The van der Waals surface area contributed by atoms with Crippen LogP contribution in [0, 0.1) is 6.92 Å². The van der Waals surface area contributed by atoms with Crippen molar-refractivity contribution in [3.8, 4) is 0 Å². The fourth-order valence-corrected chi connectivity index (χ4v) is 4.45. The summed E-state index contributed by atoms with van der Waals surface area (Å²) in [4.78, 5) is 15.7. The Hall–Kier alpha value is -2.39. The van der Waals surface area contributed by atoms with Crippen LogP contribution in [-0.4, -0.2) is 57.0 Å². The fraction of sp³-hybridized carbons (Fsp3) is 0.474. The number of likely N-dealkylation sites (N-methyl/N-ethyl adjacent to an activating group) is 1. The summed E-state index contributed by atoms with van der Waals surface area (Å²) in [5.41, 5.74) is 0.280. The van der Waals surface area contributed by atoms with Gasteiger partial charge >= 0.3 is 6.09 Å². The smallest absolute Gasteiger partial charge is 0.409 e. The lowest BCUT2D eigenvalue weighted by Gasteiger charge is -2.40. The first-order valence-corrected chi connectivity index (χ1v) is 10.4. The van der Waals surface area contributed by atoms with Gasteiger partial charge in [-0.25, -0.2) is 9.63 Å². The Balaban J connectivity index is 1.78. The first-order valence-electron chi connectivity index (χ1n) is 8.90. The average Bonchev–Trinajstić information content (AvgIpc) is 2.88. The molecule has 0 aliphatic carbocycles. The van der Waals surface area contributed by atoms with Gasteiger partial charge in [0.05, 0.1) is 24.2 Å². The lowest BCUT2D eigenvalue weighted by Crippen LogP contribution is -2.51. The number of carbonyl (C=O) groups is 1. The quantitative estimate of drug-likeness (QED) is 0.596. The van der Waals surface area contributed by atoms with Crippen LogP contribution < -0.4 is 4.83 Å². The van der Waals surface area contributed by atoms with Gasteiger partial charge in [0.1, 0.15) is 5.60 Å². The van der Waals surface area contributed by atoms with E-state index < -0.39 is 27.3 Å². The largest absolute Gasteiger partial charge is 0.453 e. The molecule has 9 heteroatoms. The number of amides is 1. The molecule has 2 bridgehead atoms. The zero-order valence-electron chi connectivity index (χ0n) is 16.4. The Labute approximate surface area is 165 Å². The number of hydrogen-bond donors (Lipinski definition) is 1. The molecule has 28 heavy (non-hydrogen) atoms. The molecule has 2 aliphatic rings. The van der Waals surface area contributed by atoms with Crippen molar-refractivity contribution in [2.24, 2.45) is 5.10 Å². The van der Waals surface area contributed by atoms with Gasteiger partial charge in [-0.3, -0.25) is 0 Å². The minimum atomic E-state index is -3.75. The van der Waals surface area contributed by atoms with Gasteiger partial charge < -0.3 is 14.4 Å². The predicted molar refractivity (Wildman–Crippen MR) is 105 cm³/mol. The van der Waals surface area contributed by atoms with Crippen molar-refractivity contribution in [1.82, 2.24) is 9.73 Å². The third-order valence-electron chi connectivity index (χ3n) is 4.88. The first kappa shape index (κ1) is 20.3. The normalized spacial score (nSPS) is 27.6. The number of sulfonamides is 1. The molecular weight excluding hydrogens is 382 g/mol. The van der Waals surface area contributed by atoms with Crippen LogP contribution in [0.15, 0.2) is 46.4 Å². The molecule has 152 valence electrons. The molecule has 1 N–H and O–H groups in total. The maximum Gasteiger partial charge on any atom is 0.409 e. The number of rotatable bonds is 5. The van der Waals surface area contributed by atoms with Crippen molar-refractivity contribution >= 4 is 21.8 Å². The molecule has 1 aromatic rings. The molecule has 0 unspecified atom stereocenters. The zero-order chi connectivity index (χ0) is 20.6. The van der Waals surface area contributed by atoms with E-state index in [-0.39, 0.29) is 11.4 Å². The molecule has 1 fully saturated rings. The third-order valence-corrected chi connectivity index (χ3v) is 6.11. The van der Waals surface area contributed by atoms with Gasteiger partial charge in [-0.15, -0.1) is 0 Å². The number of methoxy groups -OCH3 is 1. The Bertz CT molecular complexity index is 925. The van der Waals surface area contributed by atoms with Gasteiger partial charge in [0, 0.05) is 25.6 Å². The van der Waals surface area contributed by atoms with Gasteiger partial charge in [0.25, 0.3) is 10.0 Å². The highest BCUT2D eigenvalue weighted by Crippen LogP contribution is 2.42. The second-order valence-corrected chi connectivity index (χ2v) is 9.24. The molecule has 1 amide bonds. The molecule has 2 heterocycles. The van der Waals surface area contributed by atoms with E-state index in [0.717, 1.165) is 5.56 Å². The summed E-state index contributed by atoms with van der Waals surface area (Å²) < 4.78 is 35.9. The van der Waals surface area contributed by atoms with Crippen molar-refractivity contribution in [3.63, 3.8) is 0 Å². The highest BCUT2D eigenvalue weighted by atomic mass is 32.2. The average molecular weight is 407 g/mol. The molecule has 1 aromatic carbocycles. The minimum absolute atomic E-state index is 0.155. The Kier molecular flexibility index (Phi) is 5.24. The number of benzene rings is 1. The second-order valence-electron chi connectivity index (χ2n) is 7.58. The number of aryl methyl sites for hydroxylation is 1. The maximum atomic E-state index is 12.5. The van der Waals surface area contributed by atoms with E-state index in [2.05, 4.69) is 9.93 Å². The molecular formula is C19H25N3O5S. The minimum Gasteiger partial charge on any atom is -0.453 e. The Morgan fingerprint density at radius 1 is 1.29 bits per heavy atom. The van der Waals surface area contributed by atoms with E-state index in [4.69, 9.17) is 9.47 Å². The fourth-order valence-electron chi connectivity index (χ4n) is 3.60. The lowest BCUT2D eigenvalue weighted by molar-refractivity contribution is -0.0929. The molecule has 0 saturated carbocycles. The molecule has 2 atom stereocenters. The number of ether oxygens (including phenoxy) is 2. The number of carbonyl (C=O) groups excluding carboxylic acids is 1. The van der Waals surface area contributed by atoms with Crippen LogP contribution >= 0.6 is 0 Å². The standard InChI is InChI=1S/C19H25N3O5S/c1-14-5-7-16(8-6-14)28(24,25)21-20-15-11-18(2)9-10-19(12-15,27-18)13-22(3)17(23)26-4/h5-10,21H,11-13H2,1-4H3/b20-15+/t18-,19-/m0/s1. The van der Waals surface area contributed by atoms with Crippen LogP contribution in [0.2, 0.25) is 0 Å². The summed E-state index contributed by atoms with van der Waals surface area (Å²) in [6.07, 6.45) is 4.23. The molecule has 0 aromatic heterocycles. The van der Waals surface area contributed by atoms with Crippen LogP contribution in [0.1, 0.15) is 25.3 Å². The first-order chi connectivity index (χ1) is 13.1. The molecule has 1 saturated heterocycles. The number of hydrogen-bond acceptors (Lipinski definition) is 6. The summed E-state index contributed by atoms with van der Waals surface area (Å²) in [7, 11) is -0.811. The van der Waals surface area contributed by atoms with Crippen molar-refractivity contribution < 1.29 is 22.7 Å². The maximum absolute atomic E-state index is 12.5. The van der Waals surface area contributed by atoms with Gasteiger partial charge in [0.2, 0.25) is 0 Å². The monoisotopic (exact) mass is 407 g/mol. The Morgan fingerprint density at radius 3 is 2.61 bits per heavy atom. The van der Waals surface area contributed by atoms with Gasteiger partial charge in [0.15, 0.2) is 0 Å². The molecule has 3 rings (SSSR count). The second kappa shape index (κ2) is 7.21. The van der Waals surface area contributed by atoms with Gasteiger partial charge in [-0.2, -0.15) is 13.5 Å². The van der Waals surface area contributed by atoms with E-state index in [1.807, 2.05) is 26.0 Å². The number of hydrazone groups is 1. The highest BCUT2D eigenvalue weighted by molar-refractivity contribution is 7.89. The number of nitrogens with one attached hydrogen (secondary N) is 1.